The van der Waals surface area contributed by atoms with E-state index in [0.717, 1.165) is 63.9 Å². The summed E-state index contributed by atoms with van der Waals surface area (Å²) in [6, 6.07) is 18.4. The van der Waals surface area contributed by atoms with Crippen molar-refractivity contribution in [2.24, 2.45) is 11.8 Å². The van der Waals surface area contributed by atoms with Gasteiger partial charge in [-0.3, -0.25) is 0 Å². The van der Waals surface area contributed by atoms with Gasteiger partial charge in [-0.15, -0.1) is 0 Å². The molecule has 0 saturated heterocycles. The maximum absolute atomic E-state index is 6.31. The molecular weight excluding hydrogens is 466 g/mol. The van der Waals surface area contributed by atoms with E-state index >= 15 is 0 Å². The molecular formula is C30H38ClN5. The lowest BCUT2D eigenvalue weighted by molar-refractivity contribution is 0.262. The van der Waals surface area contributed by atoms with Crippen molar-refractivity contribution < 1.29 is 0 Å². The smallest absolute Gasteiger partial charge is 0.139 e. The molecule has 6 heteroatoms. The van der Waals surface area contributed by atoms with Crippen molar-refractivity contribution in [1.82, 2.24) is 20.3 Å². The summed E-state index contributed by atoms with van der Waals surface area (Å²) in [7, 11) is 3.99. The van der Waals surface area contributed by atoms with Gasteiger partial charge in [-0.05, 0) is 62.4 Å². The summed E-state index contributed by atoms with van der Waals surface area (Å²) in [5.74, 6) is 3.59. The predicted molar refractivity (Wildman–Crippen MR) is 153 cm³/mol. The molecule has 0 unspecified atom stereocenters. The number of hydrogen-bond acceptors (Lipinski definition) is 5. The van der Waals surface area contributed by atoms with Crippen molar-refractivity contribution >= 4 is 39.2 Å². The second-order valence-corrected chi connectivity index (χ2v) is 10.4. The molecule has 190 valence electrons. The van der Waals surface area contributed by atoms with Crippen LogP contribution in [0, 0.1) is 18.8 Å². The molecule has 1 saturated carbocycles. The Bertz CT molecular complexity index is 1280. The van der Waals surface area contributed by atoms with E-state index in [9.17, 15) is 0 Å². The average Bonchev–Trinajstić information content (AvgIpc) is 2.89. The standard InChI is InChI=1S/C19H25ClN2.C11H13N3/c1-2-14-7-9-15(10-8-14)12-21-13-17-11-16-5-3-4-6-18(16)22-19(17)20;1-8-12-10-7-5-4-6-9(10)11(13-8)14(2)3/h3-6,11,14-15,21H,2,7-10,12-13H2,1H3;4-7H,1-3H3. The molecule has 0 aliphatic heterocycles. The van der Waals surface area contributed by atoms with Gasteiger partial charge < -0.3 is 10.2 Å². The number of aryl methyl sites for hydroxylation is 1. The van der Waals surface area contributed by atoms with Crippen LogP contribution in [0.25, 0.3) is 21.8 Å². The predicted octanol–water partition coefficient (Wildman–Crippen LogP) is 7.20. The van der Waals surface area contributed by atoms with Gasteiger partial charge in [-0.25, -0.2) is 15.0 Å². The minimum Gasteiger partial charge on any atom is -0.362 e. The van der Waals surface area contributed by atoms with Gasteiger partial charge in [-0.2, -0.15) is 0 Å². The van der Waals surface area contributed by atoms with Crippen LogP contribution in [0.1, 0.15) is 50.4 Å². The fourth-order valence-electron chi connectivity index (χ4n) is 5.03. The van der Waals surface area contributed by atoms with Gasteiger partial charge in [-0.1, -0.05) is 68.1 Å². The normalized spacial score (nSPS) is 17.6. The molecule has 2 heterocycles. The molecule has 0 spiro atoms. The summed E-state index contributed by atoms with van der Waals surface area (Å²) in [6.07, 6.45) is 6.89. The SMILES string of the molecule is CCC1CCC(CNCc2cc3ccccc3nc2Cl)CC1.Cc1nc(N(C)C)c2ccccc2n1. The van der Waals surface area contributed by atoms with E-state index in [1.807, 2.05) is 68.4 Å². The third kappa shape index (κ3) is 6.71. The van der Waals surface area contributed by atoms with E-state index in [-0.39, 0.29) is 0 Å². The summed E-state index contributed by atoms with van der Waals surface area (Å²) >= 11 is 6.31. The van der Waals surface area contributed by atoms with E-state index in [0.29, 0.717) is 5.15 Å². The first-order valence-electron chi connectivity index (χ1n) is 13.1. The van der Waals surface area contributed by atoms with Gasteiger partial charge >= 0.3 is 0 Å². The number of hydrogen-bond donors (Lipinski definition) is 1. The van der Waals surface area contributed by atoms with Gasteiger partial charge in [0.15, 0.2) is 0 Å². The molecule has 0 amide bonds. The fourth-order valence-corrected chi connectivity index (χ4v) is 5.24. The summed E-state index contributed by atoms with van der Waals surface area (Å²) in [4.78, 5) is 15.3. The van der Waals surface area contributed by atoms with Gasteiger partial charge in [0.05, 0.1) is 11.0 Å². The topological polar surface area (TPSA) is 53.9 Å². The first-order chi connectivity index (χ1) is 17.4. The average molecular weight is 504 g/mol. The number of halogens is 1. The molecule has 0 radical (unpaired) electrons. The highest BCUT2D eigenvalue weighted by molar-refractivity contribution is 6.30. The zero-order valence-electron chi connectivity index (χ0n) is 22.0. The molecule has 5 nitrogen and oxygen atoms in total. The quantitative estimate of drug-likeness (QED) is 0.282. The Hall–Kier alpha value is -2.76. The minimum atomic E-state index is 0.626. The molecule has 2 aromatic heterocycles. The highest BCUT2D eigenvalue weighted by Crippen LogP contribution is 2.30. The van der Waals surface area contributed by atoms with E-state index in [1.54, 1.807) is 0 Å². The van der Waals surface area contributed by atoms with Crippen molar-refractivity contribution in [2.45, 2.75) is 52.5 Å². The molecule has 4 aromatic rings. The second-order valence-electron chi connectivity index (χ2n) is 10.1. The summed E-state index contributed by atoms with van der Waals surface area (Å²) in [5, 5.41) is 6.47. The number of para-hydroxylation sites is 2. The summed E-state index contributed by atoms with van der Waals surface area (Å²) in [5.41, 5.74) is 3.07. The Morgan fingerprint density at radius 1 is 0.889 bits per heavy atom. The lowest BCUT2D eigenvalue weighted by Crippen LogP contribution is -2.26. The van der Waals surface area contributed by atoms with Crippen LogP contribution in [0.2, 0.25) is 5.15 Å². The van der Waals surface area contributed by atoms with Crippen LogP contribution in [0.15, 0.2) is 54.6 Å². The minimum absolute atomic E-state index is 0.626. The molecule has 0 atom stereocenters. The molecule has 2 aromatic carbocycles. The number of rotatable bonds is 6. The number of nitrogens with one attached hydrogen (secondary N) is 1. The highest BCUT2D eigenvalue weighted by atomic mass is 35.5. The summed E-state index contributed by atoms with van der Waals surface area (Å²) in [6.45, 7) is 6.14. The molecule has 1 aliphatic rings. The Labute approximate surface area is 220 Å². The number of aromatic nitrogens is 3. The highest BCUT2D eigenvalue weighted by Gasteiger charge is 2.19. The van der Waals surface area contributed by atoms with Crippen LogP contribution in [0.5, 0.6) is 0 Å². The van der Waals surface area contributed by atoms with Gasteiger partial charge in [0.1, 0.15) is 16.8 Å². The number of benzene rings is 2. The Morgan fingerprint density at radius 3 is 2.28 bits per heavy atom. The van der Waals surface area contributed by atoms with Gasteiger partial charge in [0.2, 0.25) is 0 Å². The molecule has 5 rings (SSSR count). The fraction of sp³-hybridized carbons (Fsp3) is 0.433. The van der Waals surface area contributed by atoms with Crippen molar-refractivity contribution in [3.05, 3.63) is 71.1 Å². The van der Waals surface area contributed by atoms with Crippen LogP contribution >= 0.6 is 11.6 Å². The van der Waals surface area contributed by atoms with Crippen molar-refractivity contribution in [3.63, 3.8) is 0 Å². The van der Waals surface area contributed by atoms with Gasteiger partial charge in [0, 0.05) is 37.0 Å². The van der Waals surface area contributed by atoms with Crippen molar-refractivity contribution in [3.8, 4) is 0 Å². The van der Waals surface area contributed by atoms with Crippen LogP contribution in [0.3, 0.4) is 0 Å². The number of nitrogens with zero attached hydrogens (tertiary/aromatic N) is 4. The largest absolute Gasteiger partial charge is 0.362 e. The molecule has 1 fully saturated rings. The van der Waals surface area contributed by atoms with Crippen molar-refractivity contribution in [1.29, 1.82) is 0 Å². The molecule has 1 N–H and O–H groups in total. The number of anilines is 1. The number of fused-ring (bicyclic) bond motifs is 2. The van der Waals surface area contributed by atoms with E-state index < -0.39 is 0 Å². The third-order valence-electron chi connectivity index (χ3n) is 7.16. The second kappa shape index (κ2) is 12.5. The van der Waals surface area contributed by atoms with Crippen LogP contribution in [-0.2, 0) is 6.54 Å². The zero-order chi connectivity index (χ0) is 25.5. The van der Waals surface area contributed by atoms with E-state index in [1.165, 1.54) is 32.1 Å². The monoisotopic (exact) mass is 503 g/mol. The molecule has 36 heavy (non-hydrogen) atoms. The van der Waals surface area contributed by atoms with E-state index in [2.05, 4.69) is 39.3 Å². The Balaban J connectivity index is 0.000000187. The maximum atomic E-state index is 6.31. The van der Waals surface area contributed by atoms with Gasteiger partial charge in [0.25, 0.3) is 0 Å². The lowest BCUT2D eigenvalue weighted by Gasteiger charge is -2.28. The molecule has 1 aliphatic carbocycles. The molecule has 0 bridgehead atoms. The Morgan fingerprint density at radius 2 is 1.56 bits per heavy atom. The number of pyridine rings is 1. The van der Waals surface area contributed by atoms with Crippen molar-refractivity contribution in [2.75, 3.05) is 25.5 Å². The Kier molecular flexibility index (Phi) is 9.11. The third-order valence-corrected chi connectivity index (χ3v) is 7.49. The maximum Gasteiger partial charge on any atom is 0.139 e. The van der Waals surface area contributed by atoms with Crippen LogP contribution in [-0.4, -0.2) is 35.6 Å². The first-order valence-corrected chi connectivity index (χ1v) is 13.5. The van der Waals surface area contributed by atoms with E-state index in [4.69, 9.17) is 11.6 Å². The zero-order valence-corrected chi connectivity index (χ0v) is 22.7. The lowest BCUT2D eigenvalue weighted by atomic mass is 9.81. The summed E-state index contributed by atoms with van der Waals surface area (Å²) < 4.78 is 0. The first kappa shape index (κ1) is 26.3. The van der Waals surface area contributed by atoms with Crippen LogP contribution in [0.4, 0.5) is 5.82 Å². The van der Waals surface area contributed by atoms with Crippen LogP contribution < -0.4 is 10.2 Å².